The Hall–Kier alpha value is -1.82. The van der Waals surface area contributed by atoms with Gasteiger partial charge in [0.2, 0.25) is 0 Å². The van der Waals surface area contributed by atoms with Gasteiger partial charge in [0.05, 0.1) is 6.54 Å². The van der Waals surface area contributed by atoms with Crippen LogP contribution in [0.5, 0.6) is 5.75 Å². The molecule has 0 bridgehead atoms. The highest BCUT2D eigenvalue weighted by atomic mass is 19.1. The zero-order valence-electron chi connectivity index (χ0n) is 16.2. The van der Waals surface area contributed by atoms with Crippen molar-refractivity contribution in [3.8, 4) is 5.75 Å². The van der Waals surface area contributed by atoms with Crippen LogP contribution in [0.1, 0.15) is 33.1 Å². The van der Waals surface area contributed by atoms with E-state index in [0.29, 0.717) is 12.3 Å². The molecule has 1 aromatic carbocycles. The molecule has 1 atom stereocenters. The van der Waals surface area contributed by atoms with Crippen LogP contribution in [0.2, 0.25) is 0 Å². The van der Waals surface area contributed by atoms with Crippen molar-refractivity contribution >= 4 is 5.96 Å². The highest BCUT2D eigenvalue weighted by Crippen LogP contribution is 2.18. The summed E-state index contributed by atoms with van der Waals surface area (Å²) in [6, 6.07) is 6.08. The standard InChI is InChI=1S/C20H32FN3O2/c1-4-22-20(24(3)12-9-17-10-13-25-14-11-17)23-15-16(2)26-19-7-5-18(21)6-8-19/h5-8,16-17H,4,9-15H2,1-3H3,(H,22,23). The van der Waals surface area contributed by atoms with E-state index in [9.17, 15) is 4.39 Å². The monoisotopic (exact) mass is 365 g/mol. The third kappa shape index (κ3) is 7.20. The summed E-state index contributed by atoms with van der Waals surface area (Å²) in [7, 11) is 2.08. The minimum Gasteiger partial charge on any atom is -0.489 e. The van der Waals surface area contributed by atoms with E-state index in [-0.39, 0.29) is 11.9 Å². The fraction of sp³-hybridized carbons (Fsp3) is 0.650. The number of benzene rings is 1. The smallest absolute Gasteiger partial charge is 0.193 e. The van der Waals surface area contributed by atoms with Crippen LogP contribution in [-0.2, 0) is 4.74 Å². The molecule has 0 aliphatic carbocycles. The number of hydrogen-bond acceptors (Lipinski definition) is 3. The topological polar surface area (TPSA) is 46.1 Å². The van der Waals surface area contributed by atoms with Gasteiger partial charge in [-0.15, -0.1) is 0 Å². The molecule has 146 valence electrons. The van der Waals surface area contributed by atoms with E-state index in [1.165, 1.54) is 12.1 Å². The Morgan fingerprint density at radius 1 is 1.35 bits per heavy atom. The summed E-state index contributed by atoms with van der Waals surface area (Å²) in [5.41, 5.74) is 0. The lowest BCUT2D eigenvalue weighted by Gasteiger charge is -2.27. The third-order valence-electron chi connectivity index (χ3n) is 4.56. The van der Waals surface area contributed by atoms with E-state index in [1.54, 1.807) is 12.1 Å². The summed E-state index contributed by atoms with van der Waals surface area (Å²) in [4.78, 5) is 6.88. The van der Waals surface area contributed by atoms with Crippen LogP contribution in [-0.4, -0.2) is 56.9 Å². The van der Waals surface area contributed by atoms with E-state index in [0.717, 1.165) is 57.4 Å². The van der Waals surface area contributed by atoms with Gasteiger partial charge in [0, 0.05) is 33.4 Å². The molecule has 0 aromatic heterocycles. The zero-order chi connectivity index (χ0) is 18.8. The average Bonchev–Trinajstić information content (AvgIpc) is 2.66. The highest BCUT2D eigenvalue weighted by molar-refractivity contribution is 5.79. The molecule has 6 heteroatoms. The van der Waals surface area contributed by atoms with E-state index in [1.807, 2.05) is 6.92 Å². The van der Waals surface area contributed by atoms with E-state index in [4.69, 9.17) is 14.5 Å². The Labute approximate surface area is 156 Å². The van der Waals surface area contributed by atoms with Crippen molar-refractivity contribution in [2.45, 2.75) is 39.2 Å². The fourth-order valence-electron chi connectivity index (χ4n) is 2.98. The van der Waals surface area contributed by atoms with Crippen LogP contribution in [0.15, 0.2) is 29.3 Å². The van der Waals surface area contributed by atoms with Gasteiger partial charge in [-0.1, -0.05) is 0 Å². The number of nitrogens with zero attached hydrogens (tertiary/aromatic N) is 2. The summed E-state index contributed by atoms with van der Waals surface area (Å²) < 4.78 is 24.2. The van der Waals surface area contributed by atoms with Crippen molar-refractivity contribution in [2.24, 2.45) is 10.9 Å². The Morgan fingerprint density at radius 2 is 2.04 bits per heavy atom. The molecule has 1 N–H and O–H groups in total. The van der Waals surface area contributed by atoms with Crippen molar-refractivity contribution in [3.63, 3.8) is 0 Å². The lowest BCUT2D eigenvalue weighted by atomic mass is 9.96. The van der Waals surface area contributed by atoms with Gasteiger partial charge < -0.3 is 19.7 Å². The van der Waals surface area contributed by atoms with Gasteiger partial charge in [-0.25, -0.2) is 9.38 Å². The van der Waals surface area contributed by atoms with E-state index in [2.05, 4.69) is 24.2 Å². The Morgan fingerprint density at radius 3 is 2.69 bits per heavy atom. The van der Waals surface area contributed by atoms with Crippen LogP contribution >= 0.6 is 0 Å². The van der Waals surface area contributed by atoms with E-state index < -0.39 is 0 Å². The van der Waals surface area contributed by atoms with Crippen LogP contribution in [0, 0.1) is 11.7 Å². The minimum atomic E-state index is -0.261. The molecule has 1 saturated heterocycles. The molecule has 5 nitrogen and oxygen atoms in total. The summed E-state index contributed by atoms with van der Waals surface area (Å²) in [6.45, 7) is 8.17. The zero-order valence-corrected chi connectivity index (χ0v) is 16.2. The van der Waals surface area contributed by atoms with Gasteiger partial charge in [0.25, 0.3) is 0 Å². The predicted octanol–water partition coefficient (Wildman–Crippen LogP) is 3.31. The second-order valence-electron chi connectivity index (χ2n) is 6.84. The maximum Gasteiger partial charge on any atom is 0.193 e. The van der Waals surface area contributed by atoms with Crippen LogP contribution in [0.25, 0.3) is 0 Å². The minimum absolute atomic E-state index is 0.0852. The molecule has 1 unspecified atom stereocenters. The van der Waals surface area contributed by atoms with E-state index >= 15 is 0 Å². The van der Waals surface area contributed by atoms with Crippen molar-refractivity contribution in [1.29, 1.82) is 0 Å². The SMILES string of the molecule is CCNC(=NCC(C)Oc1ccc(F)cc1)N(C)CCC1CCOCC1. The molecule has 1 fully saturated rings. The predicted molar refractivity (Wildman–Crippen MR) is 103 cm³/mol. The van der Waals surface area contributed by atoms with Crippen molar-refractivity contribution in [2.75, 3.05) is 39.9 Å². The van der Waals surface area contributed by atoms with Crippen molar-refractivity contribution < 1.29 is 13.9 Å². The van der Waals surface area contributed by atoms with Gasteiger partial charge in [-0.2, -0.15) is 0 Å². The molecule has 0 radical (unpaired) electrons. The number of halogens is 1. The molecule has 26 heavy (non-hydrogen) atoms. The number of ether oxygens (including phenoxy) is 2. The summed E-state index contributed by atoms with van der Waals surface area (Å²) in [6.07, 6.45) is 3.39. The van der Waals surface area contributed by atoms with Crippen molar-refractivity contribution in [3.05, 3.63) is 30.1 Å². The number of nitrogens with one attached hydrogen (secondary N) is 1. The fourth-order valence-corrected chi connectivity index (χ4v) is 2.98. The Balaban J connectivity index is 1.82. The Bertz CT molecular complexity index is 544. The quantitative estimate of drug-likeness (QED) is 0.567. The van der Waals surface area contributed by atoms with Gasteiger partial charge in [0.1, 0.15) is 17.7 Å². The van der Waals surface area contributed by atoms with Crippen LogP contribution < -0.4 is 10.1 Å². The normalized spacial score (nSPS) is 17.0. The second kappa shape index (κ2) is 11.0. The molecule has 1 aliphatic rings. The van der Waals surface area contributed by atoms with Gasteiger partial charge in [-0.3, -0.25) is 0 Å². The summed E-state index contributed by atoms with van der Waals surface area (Å²) in [5, 5.41) is 3.34. The first-order chi connectivity index (χ1) is 12.6. The lowest BCUT2D eigenvalue weighted by molar-refractivity contribution is 0.0625. The first-order valence-electron chi connectivity index (χ1n) is 9.58. The molecule has 1 aromatic rings. The first kappa shape index (κ1) is 20.5. The Kier molecular flexibility index (Phi) is 8.68. The molecule has 0 spiro atoms. The van der Waals surface area contributed by atoms with Gasteiger partial charge >= 0.3 is 0 Å². The van der Waals surface area contributed by atoms with Gasteiger partial charge in [0.15, 0.2) is 5.96 Å². The van der Waals surface area contributed by atoms with Crippen LogP contribution in [0.4, 0.5) is 4.39 Å². The number of hydrogen-bond donors (Lipinski definition) is 1. The first-order valence-corrected chi connectivity index (χ1v) is 9.58. The van der Waals surface area contributed by atoms with Crippen molar-refractivity contribution in [1.82, 2.24) is 10.2 Å². The summed E-state index contributed by atoms with van der Waals surface area (Å²) >= 11 is 0. The summed E-state index contributed by atoms with van der Waals surface area (Å²) in [5.74, 6) is 2.04. The molecule has 0 amide bonds. The molecular formula is C20H32FN3O2. The maximum atomic E-state index is 13.0. The number of aliphatic imine (C=N–C) groups is 1. The van der Waals surface area contributed by atoms with Gasteiger partial charge in [-0.05, 0) is 63.3 Å². The lowest BCUT2D eigenvalue weighted by Crippen LogP contribution is -2.40. The second-order valence-corrected chi connectivity index (χ2v) is 6.84. The highest BCUT2D eigenvalue weighted by Gasteiger charge is 2.15. The average molecular weight is 365 g/mol. The molecule has 1 heterocycles. The maximum absolute atomic E-state index is 13.0. The molecular weight excluding hydrogens is 333 g/mol. The number of guanidine groups is 1. The third-order valence-corrected chi connectivity index (χ3v) is 4.56. The number of rotatable bonds is 8. The largest absolute Gasteiger partial charge is 0.489 e. The molecule has 1 aliphatic heterocycles. The molecule has 2 rings (SSSR count). The molecule has 0 saturated carbocycles. The van der Waals surface area contributed by atoms with Crippen LogP contribution in [0.3, 0.4) is 0 Å².